The summed E-state index contributed by atoms with van der Waals surface area (Å²) in [7, 11) is 0. The molecule has 8 heteroatoms. The number of hydrogen-bond donors (Lipinski definition) is 3. The van der Waals surface area contributed by atoms with Crippen LogP contribution in [0, 0.1) is 23.2 Å². The molecule has 2 aromatic heterocycles. The van der Waals surface area contributed by atoms with Crippen molar-refractivity contribution in [1.29, 1.82) is 0 Å². The normalized spacial score (nSPS) is 31.2. The summed E-state index contributed by atoms with van der Waals surface area (Å²) in [4.78, 5) is 36.4. The lowest BCUT2D eigenvalue weighted by atomic mass is 9.49. The maximum atomic E-state index is 12.5. The van der Waals surface area contributed by atoms with Crippen LogP contribution in [0.15, 0.2) is 23.1 Å². The summed E-state index contributed by atoms with van der Waals surface area (Å²) in [6.07, 6.45) is 9.37. The highest BCUT2D eigenvalue weighted by molar-refractivity contribution is 5.95. The molecule has 4 aliphatic rings. The highest BCUT2D eigenvalue weighted by atomic mass is 16.2. The minimum absolute atomic E-state index is 0.132. The number of hydrogen-bond acceptors (Lipinski definition) is 4. The average Bonchev–Trinajstić information content (AvgIpc) is 2.98. The van der Waals surface area contributed by atoms with Crippen LogP contribution in [0.3, 0.4) is 0 Å². The maximum absolute atomic E-state index is 12.5. The van der Waals surface area contributed by atoms with Crippen LogP contribution < -0.4 is 16.5 Å². The predicted molar refractivity (Wildman–Crippen MR) is 96.6 cm³/mol. The van der Waals surface area contributed by atoms with Gasteiger partial charge in [0.15, 0.2) is 5.65 Å². The summed E-state index contributed by atoms with van der Waals surface area (Å²) in [5, 5.41) is 6.14. The lowest BCUT2D eigenvalue weighted by Gasteiger charge is -2.56. The first-order chi connectivity index (χ1) is 13.0. The van der Waals surface area contributed by atoms with Gasteiger partial charge in [-0.1, -0.05) is 0 Å². The number of pyridine rings is 1. The summed E-state index contributed by atoms with van der Waals surface area (Å²) in [5.41, 5.74) is 5.47. The molecule has 0 unspecified atom stereocenters. The SMILES string of the molecule is O=C(CC12CC3CC(CC(C3)C1)C2)NNC(=O)c1ccc2n[nH]c(=O)n2c1. The van der Waals surface area contributed by atoms with Crippen LogP contribution in [0.1, 0.15) is 55.3 Å². The molecule has 8 nitrogen and oxygen atoms in total. The van der Waals surface area contributed by atoms with Crippen LogP contribution in [0.2, 0.25) is 0 Å². The van der Waals surface area contributed by atoms with Gasteiger partial charge >= 0.3 is 5.69 Å². The van der Waals surface area contributed by atoms with E-state index in [0.717, 1.165) is 37.0 Å². The first-order valence-electron chi connectivity index (χ1n) is 9.66. The van der Waals surface area contributed by atoms with E-state index in [9.17, 15) is 14.4 Å². The number of H-pyrrole nitrogens is 1. The fraction of sp³-hybridized carbons (Fsp3) is 0.579. The largest absolute Gasteiger partial charge is 0.347 e. The predicted octanol–water partition coefficient (Wildman–Crippen LogP) is 1.39. The second kappa shape index (κ2) is 5.94. The third kappa shape index (κ3) is 2.93. The number of rotatable bonds is 3. The van der Waals surface area contributed by atoms with Crippen molar-refractivity contribution in [2.24, 2.45) is 23.2 Å². The zero-order chi connectivity index (χ0) is 18.6. The first kappa shape index (κ1) is 16.5. The van der Waals surface area contributed by atoms with Gasteiger partial charge in [-0.15, -0.1) is 0 Å². The van der Waals surface area contributed by atoms with E-state index in [2.05, 4.69) is 21.0 Å². The van der Waals surface area contributed by atoms with Gasteiger partial charge in [0.25, 0.3) is 5.91 Å². The molecule has 0 radical (unpaired) electrons. The fourth-order valence-electron chi connectivity index (χ4n) is 6.13. The molecular weight excluding hydrogens is 346 g/mol. The van der Waals surface area contributed by atoms with Crippen molar-refractivity contribution in [3.63, 3.8) is 0 Å². The monoisotopic (exact) mass is 369 g/mol. The van der Waals surface area contributed by atoms with Gasteiger partial charge in [0, 0.05) is 12.6 Å². The molecule has 6 rings (SSSR count). The smallest absolute Gasteiger partial charge is 0.273 e. The summed E-state index contributed by atoms with van der Waals surface area (Å²) in [6.45, 7) is 0. The summed E-state index contributed by atoms with van der Waals surface area (Å²) in [6, 6.07) is 3.14. The zero-order valence-corrected chi connectivity index (χ0v) is 15.0. The van der Waals surface area contributed by atoms with Crippen LogP contribution in [0.25, 0.3) is 5.65 Å². The summed E-state index contributed by atoms with van der Waals surface area (Å²) >= 11 is 0. The number of carbonyl (C=O) groups is 2. The van der Waals surface area contributed by atoms with Gasteiger partial charge < -0.3 is 0 Å². The zero-order valence-electron chi connectivity index (χ0n) is 15.0. The molecule has 0 atom stereocenters. The maximum Gasteiger partial charge on any atom is 0.347 e. The second-order valence-electron chi connectivity index (χ2n) is 8.77. The minimum Gasteiger partial charge on any atom is -0.273 e. The lowest BCUT2D eigenvalue weighted by Crippen LogP contribution is -2.50. The molecule has 0 aliphatic heterocycles. The molecule has 3 N–H and O–H groups in total. The van der Waals surface area contributed by atoms with Crippen molar-refractivity contribution in [3.05, 3.63) is 34.4 Å². The Morgan fingerprint density at radius 1 is 1.11 bits per heavy atom. The van der Waals surface area contributed by atoms with E-state index in [1.807, 2.05) is 0 Å². The van der Waals surface area contributed by atoms with Gasteiger partial charge in [0.05, 0.1) is 5.56 Å². The van der Waals surface area contributed by atoms with Crippen LogP contribution >= 0.6 is 0 Å². The van der Waals surface area contributed by atoms with Crippen molar-refractivity contribution in [1.82, 2.24) is 25.4 Å². The molecule has 0 aromatic carbocycles. The standard InChI is InChI=1S/C19H23N5O3/c25-16(9-19-6-11-3-12(7-19)5-13(4-11)8-19)21-22-17(26)14-1-2-15-20-23-18(27)24(15)10-14/h1-2,10-13H,3-9H2,(H,21,25)(H,22,26)(H,23,27). The molecule has 4 aliphatic carbocycles. The Morgan fingerprint density at radius 3 is 2.44 bits per heavy atom. The molecule has 142 valence electrons. The lowest BCUT2D eigenvalue weighted by molar-refractivity contribution is -0.130. The van der Waals surface area contributed by atoms with Crippen molar-refractivity contribution in [2.45, 2.75) is 44.9 Å². The second-order valence-corrected chi connectivity index (χ2v) is 8.77. The Labute approximate surface area is 155 Å². The van der Waals surface area contributed by atoms with Crippen LogP contribution in [0.5, 0.6) is 0 Å². The van der Waals surface area contributed by atoms with Gasteiger partial charge in [0.1, 0.15) is 0 Å². The van der Waals surface area contributed by atoms with E-state index in [0.29, 0.717) is 12.1 Å². The van der Waals surface area contributed by atoms with E-state index in [1.165, 1.54) is 29.9 Å². The third-order valence-electron chi connectivity index (χ3n) is 6.69. The highest BCUT2D eigenvalue weighted by Crippen LogP contribution is 2.61. The topological polar surface area (TPSA) is 108 Å². The molecule has 27 heavy (non-hydrogen) atoms. The van der Waals surface area contributed by atoms with E-state index >= 15 is 0 Å². The quantitative estimate of drug-likeness (QED) is 0.711. The Morgan fingerprint density at radius 2 is 1.78 bits per heavy atom. The van der Waals surface area contributed by atoms with Crippen molar-refractivity contribution in [3.8, 4) is 0 Å². The fourth-order valence-corrected chi connectivity index (χ4v) is 6.13. The van der Waals surface area contributed by atoms with E-state index in [1.54, 1.807) is 12.1 Å². The third-order valence-corrected chi connectivity index (χ3v) is 6.69. The molecule has 0 spiro atoms. The van der Waals surface area contributed by atoms with Gasteiger partial charge in [-0.3, -0.25) is 20.4 Å². The Balaban J connectivity index is 1.22. The number of fused-ring (bicyclic) bond motifs is 1. The Bertz CT molecular complexity index is 940. The first-order valence-corrected chi connectivity index (χ1v) is 9.66. The molecule has 2 aromatic rings. The molecule has 2 heterocycles. The Kier molecular flexibility index (Phi) is 3.63. The number of nitrogens with zero attached hydrogens (tertiary/aromatic N) is 2. The number of nitrogens with one attached hydrogen (secondary N) is 3. The van der Waals surface area contributed by atoms with Crippen LogP contribution in [-0.2, 0) is 4.79 Å². The number of carbonyl (C=O) groups excluding carboxylic acids is 2. The van der Waals surface area contributed by atoms with E-state index in [-0.39, 0.29) is 16.9 Å². The minimum atomic E-state index is -0.455. The van der Waals surface area contributed by atoms with Crippen LogP contribution in [-0.4, -0.2) is 26.4 Å². The molecule has 2 amide bonds. The average molecular weight is 369 g/mol. The van der Waals surface area contributed by atoms with Crippen molar-refractivity contribution >= 4 is 17.5 Å². The Hall–Kier alpha value is -2.64. The summed E-state index contributed by atoms with van der Waals surface area (Å²) < 4.78 is 1.26. The van der Waals surface area contributed by atoms with Crippen molar-refractivity contribution < 1.29 is 9.59 Å². The highest BCUT2D eigenvalue weighted by Gasteiger charge is 2.51. The number of hydrazine groups is 1. The van der Waals surface area contributed by atoms with E-state index < -0.39 is 11.6 Å². The molecule has 0 saturated heterocycles. The molecule has 4 saturated carbocycles. The van der Waals surface area contributed by atoms with Gasteiger partial charge in [-0.05, 0) is 73.8 Å². The van der Waals surface area contributed by atoms with Crippen LogP contribution in [0.4, 0.5) is 0 Å². The van der Waals surface area contributed by atoms with Gasteiger partial charge in [0.2, 0.25) is 5.91 Å². The molecular formula is C19H23N5O3. The number of aromatic nitrogens is 3. The summed E-state index contributed by atoms with van der Waals surface area (Å²) in [5.74, 6) is 1.78. The van der Waals surface area contributed by atoms with Crippen molar-refractivity contribution in [2.75, 3.05) is 0 Å². The molecule has 4 bridgehead atoms. The molecule has 4 fully saturated rings. The number of amides is 2. The number of aromatic amines is 1. The van der Waals surface area contributed by atoms with Gasteiger partial charge in [-0.2, -0.15) is 5.10 Å². The van der Waals surface area contributed by atoms with Gasteiger partial charge in [-0.25, -0.2) is 14.3 Å². The van der Waals surface area contributed by atoms with E-state index in [4.69, 9.17) is 0 Å².